The Kier molecular flexibility index (Phi) is 16.1. The number of aromatic nitrogens is 8. The summed E-state index contributed by atoms with van der Waals surface area (Å²) in [6.45, 7) is 8.23. The van der Waals surface area contributed by atoms with Crippen LogP contribution in [-0.2, 0) is 20.1 Å². The zero-order chi connectivity index (χ0) is 72.7. The Bertz CT molecular complexity index is 5900. The van der Waals surface area contributed by atoms with E-state index in [0.29, 0.717) is 34.9 Å². The van der Waals surface area contributed by atoms with Gasteiger partial charge < -0.3 is 9.31 Å². The first-order valence-electron chi connectivity index (χ1n) is 36.5. The molecule has 0 unspecified atom stereocenters. The van der Waals surface area contributed by atoms with Crippen molar-refractivity contribution < 1.29 is 9.31 Å². The Balaban J connectivity index is 0.000000117. The molecule has 5 aliphatic rings. The highest BCUT2D eigenvalue weighted by Crippen LogP contribution is 2.65. The molecule has 1 aliphatic heterocycles. The maximum Gasteiger partial charge on any atom is 0.494 e. The molecule has 16 aromatic rings. The molecule has 0 N–H and O–H groups in total. The highest BCUT2D eigenvalue weighted by molar-refractivity contribution is 6.62. The molecular formula is C96H68BClN8O2. The maximum atomic E-state index is 6.47. The fourth-order valence-corrected chi connectivity index (χ4v) is 16.8. The van der Waals surface area contributed by atoms with Gasteiger partial charge in [-0.15, -0.1) is 0 Å². The summed E-state index contributed by atoms with van der Waals surface area (Å²) in [7, 11) is -0.401. The molecule has 5 heterocycles. The van der Waals surface area contributed by atoms with Crippen LogP contribution in [0.5, 0.6) is 0 Å². The summed E-state index contributed by atoms with van der Waals surface area (Å²) in [5.74, 6) is 3.88. The van der Waals surface area contributed by atoms with Crippen LogP contribution in [0.3, 0.4) is 0 Å². The Morgan fingerprint density at radius 2 is 0.528 bits per heavy atom. The van der Waals surface area contributed by atoms with Crippen LogP contribution in [0.1, 0.15) is 72.2 Å². The standard InChI is InChI=1S/C45H28N4.C27H26BN3O2.C24H14ClN/c1-3-11-30(12-4-1)42-47-43(31-13-5-2-6-14-31)49-44(48-42)32-21-19-29(20-22-32)33-23-24-36-37-28-46-26-25-40(37)45(41(36)27-33)38-17-9-7-15-34(38)35-16-8-10-18-39(35)45;1-26(2)27(3,4)33-28(32-26)22-17-15-21(16-18-22)25-30-23(19-11-7-5-8-12-19)29-24(31-25)20-13-9-6-10-14-20;25-15-9-10-18-19-14-26-12-11-22(19)24(23(18)13-15)20-7-3-1-5-16(20)17-6-2-4-8-21(17)24/h1-28H;5-18H,1-4H3;1-14H. The zero-order valence-electron chi connectivity index (χ0n) is 59.7. The van der Waals surface area contributed by atoms with E-state index in [1.807, 2.05) is 176 Å². The van der Waals surface area contributed by atoms with E-state index in [1.165, 1.54) is 89.0 Å². The van der Waals surface area contributed by atoms with Crippen LogP contribution in [0.25, 0.3) is 124 Å². The number of fused-ring (bicyclic) bond motifs is 20. The average Bonchev–Trinajstić information content (AvgIpc) is 1.52. The van der Waals surface area contributed by atoms with E-state index in [2.05, 4.69) is 201 Å². The van der Waals surface area contributed by atoms with Crippen molar-refractivity contribution in [2.75, 3.05) is 0 Å². The van der Waals surface area contributed by atoms with Crippen molar-refractivity contribution in [2.45, 2.75) is 49.7 Å². The lowest BCUT2D eigenvalue weighted by Crippen LogP contribution is -2.41. The van der Waals surface area contributed by atoms with E-state index >= 15 is 0 Å². The molecule has 0 atom stereocenters. The molecule has 0 radical (unpaired) electrons. The van der Waals surface area contributed by atoms with Crippen molar-refractivity contribution >= 4 is 24.2 Å². The van der Waals surface area contributed by atoms with Crippen molar-refractivity contribution in [3.05, 3.63) is 390 Å². The number of rotatable bonds is 8. The molecule has 0 bridgehead atoms. The first kappa shape index (κ1) is 66.0. The highest BCUT2D eigenvalue weighted by Gasteiger charge is 2.54. The van der Waals surface area contributed by atoms with Gasteiger partial charge in [0.25, 0.3) is 0 Å². The van der Waals surface area contributed by atoms with Gasteiger partial charge in [-0.05, 0) is 153 Å². The fraction of sp³-hybridized carbons (Fsp3) is 0.0833. The summed E-state index contributed by atoms with van der Waals surface area (Å²) in [6, 6.07) is 110. The third kappa shape index (κ3) is 10.9. The lowest BCUT2D eigenvalue weighted by atomic mass is 9.70. The number of hydrogen-bond acceptors (Lipinski definition) is 10. The van der Waals surface area contributed by atoms with Gasteiger partial charge >= 0.3 is 7.12 Å². The van der Waals surface area contributed by atoms with Crippen molar-refractivity contribution in [2.24, 2.45) is 0 Å². The molecule has 1 fully saturated rings. The van der Waals surface area contributed by atoms with Gasteiger partial charge in [-0.2, -0.15) is 0 Å². The van der Waals surface area contributed by atoms with Gasteiger partial charge in [0, 0.05) is 74.3 Å². The molecule has 10 nitrogen and oxygen atoms in total. The SMILES string of the molecule is CC1(C)OB(c2ccc(-c3nc(-c4ccccc4)nc(-c4ccccc4)n3)cc2)OC1(C)C.Clc1ccc2c(c1)C1(c3ccccc3-c3ccccc31)c1ccncc1-2.c1ccc(-c2nc(-c3ccccc3)nc(-c3ccc(-c4ccc5c(c4)C4(c6ccccc6-c6ccccc64)c4ccncc4-5)cc3)n2)cc1. The van der Waals surface area contributed by atoms with Crippen molar-refractivity contribution in [3.63, 3.8) is 0 Å². The molecule has 4 aromatic heterocycles. The molecule has 21 rings (SSSR count). The Morgan fingerprint density at radius 3 is 0.898 bits per heavy atom. The number of nitrogens with zero attached hydrogens (tertiary/aromatic N) is 8. The number of benzene rings is 12. The predicted molar refractivity (Wildman–Crippen MR) is 433 cm³/mol. The summed E-state index contributed by atoms with van der Waals surface area (Å²) < 4.78 is 12.4. The third-order valence-corrected chi connectivity index (χ3v) is 22.5. The van der Waals surface area contributed by atoms with Crippen LogP contribution in [0.4, 0.5) is 0 Å². The second kappa shape index (κ2) is 26.4. The molecule has 514 valence electrons. The summed E-state index contributed by atoms with van der Waals surface area (Å²) in [6.07, 6.45) is 7.85. The summed E-state index contributed by atoms with van der Waals surface area (Å²) >= 11 is 6.47. The summed E-state index contributed by atoms with van der Waals surface area (Å²) in [4.78, 5) is 38.0. The smallest absolute Gasteiger partial charge is 0.399 e. The van der Waals surface area contributed by atoms with Gasteiger partial charge in [0.2, 0.25) is 0 Å². The van der Waals surface area contributed by atoms with Gasteiger partial charge in [0.05, 0.1) is 22.0 Å². The molecule has 108 heavy (non-hydrogen) atoms. The number of hydrogen-bond donors (Lipinski definition) is 0. The molecule has 12 aromatic carbocycles. The number of pyridine rings is 2. The average molecular weight is 1410 g/mol. The van der Waals surface area contributed by atoms with Gasteiger partial charge in [0.1, 0.15) is 0 Å². The van der Waals surface area contributed by atoms with Gasteiger partial charge in [-0.3, -0.25) is 9.97 Å². The topological polar surface area (TPSA) is 122 Å². The van der Waals surface area contributed by atoms with E-state index < -0.39 is 12.5 Å². The van der Waals surface area contributed by atoms with E-state index in [0.717, 1.165) is 55.0 Å². The minimum atomic E-state index is -0.401. The molecule has 0 saturated carbocycles. The van der Waals surface area contributed by atoms with E-state index in [-0.39, 0.29) is 16.6 Å². The van der Waals surface area contributed by atoms with Crippen LogP contribution in [0.2, 0.25) is 5.02 Å². The fourth-order valence-electron chi connectivity index (χ4n) is 16.6. The molecular weight excluding hydrogens is 1340 g/mol. The second-order valence-electron chi connectivity index (χ2n) is 28.8. The highest BCUT2D eigenvalue weighted by atomic mass is 35.5. The largest absolute Gasteiger partial charge is 0.494 e. The third-order valence-electron chi connectivity index (χ3n) is 22.3. The van der Waals surface area contributed by atoms with E-state index in [1.54, 1.807) is 0 Å². The number of halogens is 1. The molecule has 4 aliphatic carbocycles. The maximum absolute atomic E-state index is 6.47. The first-order valence-corrected chi connectivity index (χ1v) is 36.8. The minimum Gasteiger partial charge on any atom is -0.399 e. The quantitative estimate of drug-likeness (QED) is 0.136. The van der Waals surface area contributed by atoms with Crippen LogP contribution < -0.4 is 5.46 Å². The van der Waals surface area contributed by atoms with E-state index in [9.17, 15) is 0 Å². The van der Waals surface area contributed by atoms with Crippen LogP contribution in [0.15, 0.2) is 340 Å². The van der Waals surface area contributed by atoms with Crippen molar-refractivity contribution in [1.82, 2.24) is 39.9 Å². The first-order chi connectivity index (χ1) is 52.9. The van der Waals surface area contributed by atoms with Gasteiger partial charge in [0.15, 0.2) is 34.9 Å². The predicted octanol–water partition coefficient (Wildman–Crippen LogP) is 21.5. The monoisotopic (exact) mass is 1410 g/mol. The Morgan fingerprint density at radius 1 is 0.250 bits per heavy atom. The molecule has 2 spiro atoms. The summed E-state index contributed by atoms with van der Waals surface area (Å²) in [5, 5.41) is 0.769. The molecule has 1 saturated heterocycles. The lowest BCUT2D eigenvalue weighted by Gasteiger charge is -2.32. The minimum absolute atomic E-state index is 0.314. The summed E-state index contributed by atoms with van der Waals surface area (Å²) in [5.41, 5.74) is 28.0. The Labute approximate surface area is 632 Å². The molecule has 0 amide bonds. The van der Waals surface area contributed by atoms with Gasteiger partial charge in [-0.1, -0.05) is 297 Å². The second-order valence-corrected chi connectivity index (χ2v) is 29.3. The van der Waals surface area contributed by atoms with Crippen LogP contribution >= 0.6 is 11.6 Å². The normalized spacial score (nSPS) is 14.5. The van der Waals surface area contributed by atoms with Crippen molar-refractivity contribution in [1.29, 1.82) is 0 Å². The van der Waals surface area contributed by atoms with E-state index in [4.69, 9.17) is 50.8 Å². The molecule has 12 heteroatoms. The van der Waals surface area contributed by atoms with Crippen LogP contribution in [-0.4, -0.2) is 58.2 Å². The lowest BCUT2D eigenvalue weighted by molar-refractivity contribution is 0.00578. The van der Waals surface area contributed by atoms with Gasteiger partial charge in [-0.25, -0.2) is 29.9 Å². The zero-order valence-corrected chi connectivity index (χ0v) is 60.4. The van der Waals surface area contributed by atoms with Crippen molar-refractivity contribution in [3.8, 4) is 124 Å². The Hall–Kier alpha value is -12.8. The van der Waals surface area contributed by atoms with Crippen LogP contribution in [0, 0.1) is 0 Å².